The number of ether oxygens (including phenoxy) is 1. The summed E-state index contributed by atoms with van der Waals surface area (Å²) >= 11 is 0. The first-order valence-corrected chi connectivity index (χ1v) is 7.51. The predicted octanol–water partition coefficient (Wildman–Crippen LogP) is 4.05. The molecule has 0 radical (unpaired) electrons. The fourth-order valence-corrected chi connectivity index (χ4v) is 2.80. The Morgan fingerprint density at radius 1 is 1.20 bits per heavy atom. The van der Waals surface area contributed by atoms with E-state index in [9.17, 15) is 4.79 Å². The monoisotopic (exact) mass is 274 g/mol. The van der Waals surface area contributed by atoms with Gasteiger partial charge in [-0.2, -0.15) is 0 Å². The van der Waals surface area contributed by atoms with Gasteiger partial charge in [0.25, 0.3) is 0 Å². The normalized spacial score (nSPS) is 17.6. The van der Waals surface area contributed by atoms with E-state index >= 15 is 0 Å². The van der Waals surface area contributed by atoms with Crippen molar-refractivity contribution in [3.8, 4) is 0 Å². The van der Waals surface area contributed by atoms with E-state index in [0.29, 0.717) is 12.8 Å². The minimum absolute atomic E-state index is 0.150. The Morgan fingerprint density at radius 3 is 2.20 bits per heavy atom. The summed E-state index contributed by atoms with van der Waals surface area (Å²) in [6, 6.07) is 8.44. The fraction of sp³-hybridized carbons (Fsp3) is 0.611. The van der Waals surface area contributed by atoms with Crippen LogP contribution >= 0.6 is 0 Å². The number of carbonyl (C=O) groups excluding carboxylic acids is 1. The van der Waals surface area contributed by atoms with Gasteiger partial charge in [0.15, 0.2) is 0 Å². The number of hydrogen-bond acceptors (Lipinski definition) is 2. The maximum absolute atomic E-state index is 12.2. The van der Waals surface area contributed by atoms with Gasteiger partial charge < -0.3 is 4.74 Å². The van der Waals surface area contributed by atoms with Crippen LogP contribution in [0.4, 0.5) is 0 Å². The van der Waals surface area contributed by atoms with Crippen LogP contribution in [0.1, 0.15) is 57.6 Å². The number of ketones is 1. The highest BCUT2D eigenvalue weighted by Crippen LogP contribution is 2.38. The second-order valence-electron chi connectivity index (χ2n) is 7.08. The van der Waals surface area contributed by atoms with Crippen molar-refractivity contribution >= 4 is 5.78 Å². The molecule has 0 spiro atoms. The molecule has 1 saturated carbocycles. The molecule has 2 heteroatoms. The molecule has 1 aliphatic rings. The molecule has 1 aliphatic carbocycles. The summed E-state index contributed by atoms with van der Waals surface area (Å²) in [6.45, 7) is 6.60. The van der Waals surface area contributed by atoms with Crippen LogP contribution in [0, 0.1) is 0 Å². The third kappa shape index (κ3) is 3.49. The largest absolute Gasteiger partial charge is 0.378 e. The fourth-order valence-electron chi connectivity index (χ4n) is 2.80. The van der Waals surface area contributed by atoms with Gasteiger partial charge in [-0.05, 0) is 35.8 Å². The molecule has 0 heterocycles. The summed E-state index contributed by atoms with van der Waals surface area (Å²) in [4.78, 5) is 12.2. The highest BCUT2D eigenvalue weighted by atomic mass is 16.5. The van der Waals surface area contributed by atoms with Gasteiger partial charge in [-0.15, -0.1) is 0 Å². The smallest absolute Gasteiger partial charge is 0.140 e. The van der Waals surface area contributed by atoms with Crippen molar-refractivity contribution in [1.29, 1.82) is 0 Å². The van der Waals surface area contributed by atoms with Crippen molar-refractivity contribution < 1.29 is 9.53 Å². The Hall–Kier alpha value is -1.15. The topological polar surface area (TPSA) is 26.3 Å². The van der Waals surface area contributed by atoms with Crippen LogP contribution in [-0.2, 0) is 21.4 Å². The maximum atomic E-state index is 12.2. The third-order valence-electron chi connectivity index (χ3n) is 4.44. The lowest BCUT2D eigenvalue weighted by Crippen LogP contribution is -2.41. The molecule has 0 bridgehead atoms. The molecule has 1 aromatic rings. The zero-order valence-corrected chi connectivity index (χ0v) is 13.2. The second-order valence-corrected chi connectivity index (χ2v) is 7.08. The lowest BCUT2D eigenvalue weighted by Gasteiger charge is -2.40. The molecule has 1 aromatic carbocycles. The van der Waals surface area contributed by atoms with Crippen LogP contribution < -0.4 is 0 Å². The summed E-state index contributed by atoms with van der Waals surface area (Å²) in [6.07, 6.45) is 4.32. The van der Waals surface area contributed by atoms with E-state index < -0.39 is 0 Å². The number of rotatable bonds is 5. The predicted molar refractivity (Wildman–Crippen MR) is 82.1 cm³/mol. The zero-order valence-electron chi connectivity index (χ0n) is 13.2. The minimum atomic E-state index is -0.150. The van der Waals surface area contributed by atoms with Crippen molar-refractivity contribution in [2.45, 2.75) is 63.9 Å². The van der Waals surface area contributed by atoms with Crippen molar-refractivity contribution in [3.63, 3.8) is 0 Å². The lowest BCUT2D eigenvalue weighted by atomic mass is 9.76. The first-order chi connectivity index (χ1) is 9.35. The standard InChI is InChI=1S/C18H26O2/c1-17(2,3)15-8-6-14(7-9-15)12-16(19)13-18(20-4)10-5-11-18/h6-9H,5,10-13H2,1-4H3. The molecule has 0 aromatic heterocycles. The summed E-state index contributed by atoms with van der Waals surface area (Å²) < 4.78 is 5.53. The molecule has 1 fully saturated rings. The summed E-state index contributed by atoms with van der Waals surface area (Å²) in [5.41, 5.74) is 2.42. The van der Waals surface area contributed by atoms with Crippen LogP contribution in [0.5, 0.6) is 0 Å². The Bertz CT molecular complexity index is 456. The van der Waals surface area contributed by atoms with E-state index in [2.05, 4.69) is 45.0 Å². The first-order valence-electron chi connectivity index (χ1n) is 7.51. The van der Waals surface area contributed by atoms with Gasteiger partial charge >= 0.3 is 0 Å². The van der Waals surface area contributed by atoms with Crippen molar-refractivity contribution in [2.24, 2.45) is 0 Å². The van der Waals surface area contributed by atoms with E-state index in [-0.39, 0.29) is 16.8 Å². The van der Waals surface area contributed by atoms with Gasteiger partial charge in [0.1, 0.15) is 5.78 Å². The molecule has 0 saturated heterocycles. The van der Waals surface area contributed by atoms with Gasteiger partial charge in [-0.25, -0.2) is 0 Å². The average molecular weight is 274 g/mol. The molecule has 0 aliphatic heterocycles. The summed E-state index contributed by atoms with van der Waals surface area (Å²) in [5, 5.41) is 0. The lowest BCUT2D eigenvalue weighted by molar-refractivity contribution is -0.131. The Morgan fingerprint density at radius 2 is 1.80 bits per heavy atom. The number of carbonyl (C=O) groups is 1. The quantitative estimate of drug-likeness (QED) is 0.809. The number of Topliss-reactive ketones (excluding diaryl/α,β-unsaturated/α-hetero) is 1. The van der Waals surface area contributed by atoms with Gasteiger partial charge in [0, 0.05) is 20.0 Å². The van der Waals surface area contributed by atoms with E-state index in [4.69, 9.17) is 4.74 Å². The Labute approximate surface area is 122 Å². The number of hydrogen-bond donors (Lipinski definition) is 0. The van der Waals surface area contributed by atoms with Crippen LogP contribution in [-0.4, -0.2) is 18.5 Å². The molecule has 110 valence electrons. The third-order valence-corrected chi connectivity index (χ3v) is 4.44. The van der Waals surface area contributed by atoms with Gasteiger partial charge in [-0.3, -0.25) is 4.79 Å². The number of benzene rings is 1. The molecule has 0 atom stereocenters. The minimum Gasteiger partial charge on any atom is -0.378 e. The Kier molecular flexibility index (Phi) is 4.33. The highest BCUT2D eigenvalue weighted by Gasteiger charge is 2.38. The molecule has 2 rings (SSSR count). The second kappa shape index (κ2) is 5.69. The van der Waals surface area contributed by atoms with Gasteiger partial charge in [-0.1, -0.05) is 45.0 Å². The SMILES string of the molecule is COC1(CC(=O)Cc2ccc(C(C)(C)C)cc2)CCC1. The van der Waals surface area contributed by atoms with Crippen molar-refractivity contribution in [2.75, 3.05) is 7.11 Å². The molecule has 0 N–H and O–H groups in total. The van der Waals surface area contributed by atoms with Crippen LogP contribution in [0.3, 0.4) is 0 Å². The van der Waals surface area contributed by atoms with E-state index in [0.717, 1.165) is 18.4 Å². The number of methoxy groups -OCH3 is 1. The zero-order chi connectivity index (χ0) is 14.8. The molecule has 2 nitrogen and oxygen atoms in total. The average Bonchev–Trinajstić information content (AvgIpc) is 2.33. The molecular weight excluding hydrogens is 248 g/mol. The van der Waals surface area contributed by atoms with Crippen LogP contribution in [0.15, 0.2) is 24.3 Å². The van der Waals surface area contributed by atoms with E-state index in [1.165, 1.54) is 12.0 Å². The van der Waals surface area contributed by atoms with Crippen LogP contribution in [0.25, 0.3) is 0 Å². The van der Waals surface area contributed by atoms with E-state index in [1.54, 1.807) is 7.11 Å². The van der Waals surface area contributed by atoms with Crippen molar-refractivity contribution in [1.82, 2.24) is 0 Å². The molecular formula is C18H26O2. The summed E-state index contributed by atoms with van der Waals surface area (Å²) in [7, 11) is 1.73. The van der Waals surface area contributed by atoms with Gasteiger partial charge in [0.05, 0.1) is 5.60 Å². The van der Waals surface area contributed by atoms with E-state index in [1.807, 2.05) is 0 Å². The molecule has 0 unspecified atom stereocenters. The highest BCUT2D eigenvalue weighted by molar-refractivity contribution is 5.82. The van der Waals surface area contributed by atoms with Crippen LogP contribution in [0.2, 0.25) is 0 Å². The van der Waals surface area contributed by atoms with Gasteiger partial charge in [0.2, 0.25) is 0 Å². The first kappa shape index (κ1) is 15.2. The molecule has 0 amide bonds. The molecule has 20 heavy (non-hydrogen) atoms. The summed E-state index contributed by atoms with van der Waals surface area (Å²) in [5.74, 6) is 0.287. The Balaban J connectivity index is 1.95. The van der Waals surface area contributed by atoms with Crippen molar-refractivity contribution in [3.05, 3.63) is 35.4 Å². The maximum Gasteiger partial charge on any atom is 0.140 e.